The summed E-state index contributed by atoms with van der Waals surface area (Å²) in [5.74, 6) is -0.837. The van der Waals surface area contributed by atoms with Gasteiger partial charge in [0, 0.05) is 25.1 Å². The molecule has 1 saturated heterocycles. The van der Waals surface area contributed by atoms with Gasteiger partial charge in [-0.15, -0.1) is 0 Å². The standard InChI is InChI=1S/C17H25NO4S/c1-11(10-23-12(2)19)16(20)18-9-14(8-15(18)17(21)22)13-6-4-3-5-7-13/h6,11,14-15H,3-5,7-10H2,1-2H3,(H,21,22)/t11?,14?,15-/m0/s1. The van der Waals surface area contributed by atoms with E-state index in [9.17, 15) is 19.5 Å². The summed E-state index contributed by atoms with van der Waals surface area (Å²) in [7, 11) is 0. The average Bonchev–Trinajstić information content (AvgIpc) is 2.98. The van der Waals surface area contributed by atoms with Crippen LogP contribution in [-0.4, -0.2) is 45.3 Å². The van der Waals surface area contributed by atoms with Crippen molar-refractivity contribution in [2.45, 2.75) is 52.0 Å². The van der Waals surface area contributed by atoms with Gasteiger partial charge in [-0.1, -0.05) is 30.3 Å². The summed E-state index contributed by atoms with van der Waals surface area (Å²) in [5, 5.41) is 9.45. The minimum atomic E-state index is -0.927. The first-order valence-electron chi connectivity index (χ1n) is 8.25. The molecule has 23 heavy (non-hydrogen) atoms. The maximum absolute atomic E-state index is 12.6. The van der Waals surface area contributed by atoms with Crippen LogP contribution < -0.4 is 0 Å². The Morgan fingerprint density at radius 3 is 2.70 bits per heavy atom. The van der Waals surface area contributed by atoms with E-state index in [1.54, 1.807) is 6.92 Å². The Bertz CT molecular complexity index is 517. The number of aliphatic carboxylic acids is 1. The third-order valence-corrected chi connectivity index (χ3v) is 5.75. The van der Waals surface area contributed by atoms with Crippen molar-refractivity contribution < 1.29 is 19.5 Å². The van der Waals surface area contributed by atoms with Crippen molar-refractivity contribution in [3.05, 3.63) is 11.6 Å². The van der Waals surface area contributed by atoms with E-state index in [2.05, 4.69) is 6.08 Å². The van der Waals surface area contributed by atoms with Crippen LogP contribution in [0.2, 0.25) is 0 Å². The summed E-state index contributed by atoms with van der Waals surface area (Å²) in [6.45, 7) is 3.74. The molecule has 1 aliphatic carbocycles. The molecule has 0 aromatic heterocycles. The van der Waals surface area contributed by atoms with Crippen molar-refractivity contribution in [3.8, 4) is 0 Å². The number of rotatable bonds is 5. The Labute approximate surface area is 141 Å². The van der Waals surface area contributed by atoms with Gasteiger partial charge in [0.2, 0.25) is 5.91 Å². The SMILES string of the molecule is CC(=O)SCC(C)C(=O)N1CC(C2=CCCCC2)C[C@H]1C(=O)O. The number of hydrogen-bond acceptors (Lipinski definition) is 4. The quantitative estimate of drug-likeness (QED) is 0.780. The van der Waals surface area contributed by atoms with Gasteiger partial charge in [-0.3, -0.25) is 9.59 Å². The summed E-state index contributed by atoms with van der Waals surface area (Å²) in [6, 6.07) is -0.736. The number of carbonyl (C=O) groups is 3. The molecule has 6 heteroatoms. The van der Waals surface area contributed by atoms with Crippen molar-refractivity contribution in [1.29, 1.82) is 0 Å². The lowest BCUT2D eigenvalue weighted by molar-refractivity contribution is -0.149. The van der Waals surface area contributed by atoms with Gasteiger partial charge < -0.3 is 10.0 Å². The Morgan fingerprint density at radius 2 is 2.13 bits per heavy atom. The molecule has 2 aliphatic rings. The van der Waals surface area contributed by atoms with Crippen LogP contribution in [0.25, 0.3) is 0 Å². The number of nitrogens with zero attached hydrogens (tertiary/aromatic N) is 1. The average molecular weight is 339 g/mol. The Morgan fingerprint density at radius 1 is 1.39 bits per heavy atom. The van der Waals surface area contributed by atoms with Crippen LogP contribution in [-0.2, 0) is 14.4 Å². The maximum Gasteiger partial charge on any atom is 0.326 e. The number of amides is 1. The number of carbonyl (C=O) groups excluding carboxylic acids is 2. The highest BCUT2D eigenvalue weighted by Gasteiger charge is 2.41. The molecule has 0 aromatic rings. The molecule has 2 unspecified atom stereocenters. The van der Waals surface area contributed by atoms with Gasteiger partial charge in [-0.25, -0.2) is 4.79 Å². The topological polar surface area (TPSA) is 74.7 Å². The monoisotopic (exact) mass is 339 g/mol. The van der Waals surface area contributed by atoms with E-state index in [0.717, 1.165) is 31.0 Å². The van der Waals surface area contributed by atoms with Gasteiger partial charge in [0.1, 0.15) is 6.04 Å². The molecule has 1 amide bonds. The molecule has 0 bridgehead atoms. The van der Waals surface area contributed by atoms with E-state index >= 15 is 0 Å². The van der Waals surface area contributed by atoms with E-state index in [-0.39, 0.29) is 22.9 Å². The third kappa shape index (κ3) is 4.59. The summed E-state index contributed by atoms with van der Waals surface area (Å²) in [5.41, 5.74) is 1.32. The van der Waals surface area contributed by atoms with Crippen molar-refractivity contribution >= 4 is 28.8 Å². The van der Waals surface area contributed by atoms with Crippen molar-refractivity contribution in [1.82, 2.24) is 4.90 Å². The Balaban J connectivity index is 2.05. The smallest absolute Gasteiger partial charge is 0.326 e. The molecule has 0 spiro atoms. The fraction of sp³-hybridized carbons (Fsp3) is 0.706. The minimum Gasteiger partial charge on any atom is -0.480 e. The Hall–Kier alpha value is -1.30. The van der Waals surface area contributed by atoms with Gasteiger partial charge in [0.25, 0.3) is 0 Å². The van der Waals surface area contributed by atoms with Gasteiger partial charge in [0.05, 0.1) is 0 Å². The minimum absolute atomic E-state index is 0.0221. The molecule has 2 rings (SSSR count). The zero-order valence-corrected chi connectivity index (χ0v) is 14.6. The first-order valence-corrected chi connectivity index (χ1v) is 9.24. The third-order valence-electron chi connectivity index (χ3n) is 4.68. The second kappa shape index (κ2) is 7.99. The van der Waals surface area contributed by atoms with E-state index < -0.39 is 12.0 Å². The normalized spacial score (nSPS) is 25.8. The summed E-state index contributed by atoms with van der Waals surface area (Å²) in [6.07, 6.45) is 7.17. The molecule has 128 valence electrons. The van der Waals surface area contributed by atoms with Crippen LogP contribution in [0, 0.1) is 11.8 Å². The number of thioether (sulfide) groups is 1. The van der Waals surface area contributed by atoms with Crippen LogP contribution in [0.4, 0.5) is 0 Å². The number of carboxylic acid groups (broad SMARTS) is 1. The zero-order valence-electron chi connectivity index (χ0n) is 13.8. The van der Waals surface area contributed by atoms with Crippen molar-refractivity contribution in [2.24, 2.45) is 11.8 Å². The second-order valence-electron chi connectivity index (χ2n) is 6.51. The van der Waals surface area contributed by atoms with Crippen LogP contribution in [0.15, 0.2) is 11.6 Å². The highest BCUT2D eigenvalue weighted by atomic mass is 32.2. The molecule has 0 aromatic carbocycles. The molecule has 3 atom stereocenters. The first kappa shape index (κ1) is 18.0. The highest BCUT2D eigenvalue weighted by molar-refractivity contribution is 8.13. The first-order chi connectivity index (χ1) is 10.9. The number of hydrogen-bond donors (Lipinski definition) is 1. The largest absolute Gasteiger partial charge is 0.480 e. The number of carboxylic acids is 1. The molecule has 0 radical (unpaired) electrons. The molecule has 5 nitrogen and oxygen atoms in total. The van der Waals surface area contributed by atoms with E-state index in [1.165, 1.54) is 23.8 Å². The van der Waals surface area contributed by atoms with Gasteiger partial charge in [-0.05, 0) is 38.0 Å². The molecule has 0 saturated carbocycles. The fourth-order valence-corrected chi connectivity index (χ4v) is 4.04. The molecular formula is C17H25NO4S. The maximum atomic E-state index is 12.6. The lowest BCUT2D eigenvalue weighted by Gasteiger charge is -2.25. The predicted octanol–water partition coefficient (Wildman–Crippen LogP) is 2.70. The molecular weight excluding hydrogens is 314 g/mol. The summed E-state index contributed by atoms with van der Waals surface area (Å²) < 4.78 is 0. The molecule has 1 aliphatic heterocycles. The van der Waals surface area contributed by atoms with Crippen LogP contribution in [0.1, 0.15) is 46.0 Å². The van der Waals surface area contributed by atoms with Crippen molar-refractivity contribution in [3.63, 3.8) is 0 Å². The van der Waals surface area contributed by atoms with Crippen LogP contribution >= 0.6 is 11.8 Å². The second-order valence-corrected chi connectivity index (χ2v) is 7.70. The van der Waals surface area contributed by atoms with Crippen molar-refractivity contribution in [2.75, 3.05) is 12.3 Å². The lowest BCUT2D eigenvalue weighted by Crippen LogP contribution is -2.43. The predicted molar refractivity (Wildman–Crippen MR) is 90.1 cm³/mol. The van der Waals surface area contributed by atoms with Crippen LogP contribution in [0.3, 0.4) is 0 Å². The van der Waals surface area contributed by atoms with E-state index in [4.69, 9.17) is 0 Å². The molecule has 1 N–H and O–H groups in total. The van der Waals surface area contributed by atoms with E-state index in [0.29, 0.717) is 18.7 Å². The molecule has 1 heterocycles. The van der Waals surface area contributed by atoms with E-state index in [1.807, 2.05) is 0 Å². The summed E-state index contributed by atoms with van der Waals surface area (Å²) in [4.78, 5) is 36.8. The summed E-state index contributed by atoms with van der Waals surface area (Å²) >= 11 is 1.12. The van der Waals surface area contributed by atoms with Gasteiger partial charge in [-0.2, -0.15) is 0 Å². The highest BCUT2D eigenvalue weighted by Crippen LogP contribution is 2.35. The van der Waals surface area contributed by atoms with Crippen LogP contribution in [0.5, 0.6) is 0 Å². The zero-order chi connectivity index (χ0) is 17.0. The lowest BCUT2D eigenvalue weighted by atomic mass is 9.88. The molecule has 1 fully saturated rings. The van der Waals surface area contributed by atoms with Gasteiger partial charge in [0.15, 0.2) is 5.12 Å². The Kier molecular flexibility index (Phi) is 6.27. The fourth-order valence-electron chi connectivity index (χ4n) is 3.41. The number of likely N-dealkylation sites (tertiary alicyclic amines) is 1. The number of allylic oxidation sites excluding steroid dienone is 1. The van der Waals surface area contributed by atoms with Gasteiger partial charge >= 0.3 is 5.97 Å².